The molecule has 4 saturated carbocycles. The summed E-state index contributed by atoms with van der Waals surface area (Å²) >= 11 is 0. The molecule has 0 aromatic heterocycles. The number of aliphatic hydroxyl groups excluding tert-OH is 1. The molecule has 0 heterocycles. The first kappa shape index (κ1) is 18.7. The third kappa shape index (κ3) is 4.74. The second kappa shape index (κ2) is 7.63. The fraction of sp³-hybridized carbons (Fsp3) is 1.00. The second-order valence-electron chi connectivity index (χ2n) is 10.1. The molecule has 0 aromatic rings. The third-order valence-corrected chi connectivity index (χ3v) is 6.28. The van der Waals surface area contributed by atoms with Gasteiger partial charge >= 0.3 is 0 Å². The van der Waals surface area contributed by atoms with Gasteiger partial charge in [0.1, 0.15) is 0 Å². The van der Waals surface area contributed by atoms with Crippen LogP contribution in [0.4, 0.5) is 0 Å². The number of nitrogens with zero attached hydrogens (tertiary/aromatic N) is 1. The van der Waals surface area contributed by atoms with Gasteiger partial charge in [-0.05, 0) is 68.1 Å². The van der Waals surface area contributed by atoms with Crippen molar-refractivity contribution in [2.45, 2.75) is 77.9 Å². The Kier molecular flexibility index (Phi) is 5.94. The summed E-state index contributed by atoms with van der Waals surface area (Å²) in [5.74, 6) is 4.00. The molecule has 0 radical (unpaired) electrons. The van der Waals surface area contributed by atoms with Crippen molar-refractivity contribution in [3.63, 3.8) is 0 Å². The van der Waals surface area contributed by atoms with Crippen molar-refractivity contribution in [2.24, 2.45) is 29.6 Å². The normalized spacial score (nSPS) is 36.2. The lowest BCUT2D eigenvalue weighted by Gasteiger charge is -2.56. The molecule has 4 aliphatic rings. The van der Waals surface area contributed by atoms with Gasteiger partial charge < -0.3 is 14.7 Å². The second-order valence-corrected chi connectivity index (χ2v) is 10.1. The van der Waals surface area contributed by atoms with Gasteiger partial charge in [-0.1, -0.05) is 27.7 Å². The minimum absolute atomic E-state index is 0.122. The Morgan fingerprint density at radius 3 is 1.75 bits per heavy atom. The van der Waals surface area contributed by atoms with E-state index in [0.717, 1.165) is 37.4 Å². The summed E-state index contributed by atoms with van der Waals surface area (Å²) in [6, 6.07) is 0. The molecule has 0 aliphatic heterocycles. The van der Waals surface area contributed by atoms with Crippen LogP contribution in [0.1, 0.15) is 66.2 Å². The first-order valence-electron chi connectivity index (χ1n) is 10.4. The fourth-order valence-corrected chi connectivity index (χ4v) is 6.09. The highest BCUT2D eigenvalue weighted by atomic mass is 16.5. The average molecular weight is 338 g/mol. The van der Waals surface area contributed by atoms with Crippen molar-refractivity contribution in [3.05, 3.63) is 0 Å². The molecule has 140 valence electrons. The monoisotopic (exact) mass is 337 g/mol. The Balaban J connectivity index is 1.48. The maximum atomic E-state index is 10.6. The molecule has 0 unspecified atom stereocenters. The minimum Gasteiger partial charge on any atom is -0.389 e. The Hall–Kier alpha value is -0.120. The lowest BCUT2D eigenvalue weighted by molar-refractivity contribution is -0.176. The van der Waals surface area contributed by atoms with Crippen LogP contribution in [0, 0.1) is 29.6 Å². The highest BCUT2D eigenvalue weighted by Crippen LogP contribution is 2.57. The van der Waals surface area contributed by atoms with E-state index in [4.69, 9.17) is 4.74 Å². The van der Waals surface area contributed by atoms with E-state index in [1.807, 2.05) is 0 Å². The SMILES string of the molecule is CC(C)CN(CC(C)C)C[C@H](O)COC12CC3CC(CC(C3)C1)C2. The van der Waals surface area contributed by atoms with Gasteiger partial charge in [0.2, 0.25) is 0 Å². The van der Waals surface area contributed by atoms with Crippen LogP contribution in [0.15, 0.2) is 0 Å². The third-order valence-electron chi connectivity index (χ3n) is 6.28. The summed E-state index contributed by atoms with van der Waals surface area (Å²) in [5, 5.41) is 10.6. The van der Waals surface area contributed by atoms with Gasteiger partial charge in [0, 0.05) is 19.6 Å². The Morgan fingerprint density at radius 1 is 0.875 bits per heavy atom. The van der Waals surface area contributed by atoms with Crippen LogP contribution in [-0.2, 0) is 4.74 Å². The molecule has 0 amide bonds. The molecule has 4 fully saturated rings. The lowest BCUT2D eigenvalue weighted by Crippen LogP contribution is -2.53. The van der Waals surface area contributed by atoms with Crippen LogP contribution >= 0.6 is 0 Å². The largest absolute Gasteiger partial charge is 0.389 e. The van der Waals surface area contributed by atoms with Gasteiger partial charge in [0.25, 0.3) is 0 Å². The number of hydrogen-bond acceptors (Lipinski definition) is 3. The topological polar surface area (TPSA) is 32.7 Å². The lowest BCUT2D eigenvalue weighted by atomic mass is 9.54. The van der Waals surface area contributed by atoms with Crippen molar-refractivity contribution in [2.75, 3.05) is 26.2 Å². The van der Waals surface area contributed by atoms with E-state index in [1.54, 1.807) is 0 Å². The molecule has 4 rings (SSSR count). The molecule has 3 heteroatoms. The standard InChI is InChI=1S/C21H39NO2/c1-15(2)11-22(12-16(3)4)13-20(23)14-24-21-8-17-5-18(9-21)7-19(6-17)10-21/h15-20,23H,5-14H2,1-4H3/t17?,18?,19?,20-,21?/m0/s1. The molecule has 0 spiro atoms. The van der Waals surface area contributed by atoms with Crippen molar-refractivity contribution < 1.29 is 9.84 Å². The van der Waals surface area contributed by atoms with Gasteiger partial charge in [-0.3, -0.25) is 0 Å². The highest BCUT2D eigenvalue weighted by Gasteiger charge is 2.51. The van der Waals surface area contributed by atoms with Crippen LogP contribution in [0.5, 0.6) is 0 Å². The van der Waals surface area contributed by atoms with Gasteiger partial charge in [-0.2, -0.15) is 0 Å². The molecule has 0 saturated heterocycles. The zero-order valence-corrected chi connectivity index (χ0v) is 16.3. The predicted molar refractivity (Wildman–Crippen MR) is 99.0 cm³/mol. The summed E-state index contributed by atoms with van der Waals surface area (Å²) in [6.45, 7) is 12.4. The number of rotatable bonds is 9. The molecule has 24 heavy (non-hydrogen) atoms. The van der Waals surface area contributed by atoms with Crippen molar-refractivity contribution >= 4 is 0 Å². The highest BCUT2D eigenvalue weighted by molar-refractivity contribution is 5.03. The zero-order valence-electron chi connectivity index (χ0n) is 16.3. The van der Waals surface area contributed by atoms with Crippen LogP contribution in [0.25, 0.3) is 0 Å². The summed E-state index contributed by atoms with van der Waals surface area (Å²) < 4.78 is 6.44. The van der Waals surface area contributed by atoms with E-state index in [0.29, 0.717) is 18.4 Å². The average Bonchev–Trinajstić information content (AvgIpc) is 2.42. The molecular formula is C21H39NO2. The minimum atomic E-state index is -0.351. The molecule has 4 bridgehead atoms. The van der Waals surface area contributed by atoms with E-state index in [2.05, 4.69) is 32.6 Å². The maximum absolute atomic E-state index is 10.6. The van der Waals surface area contributed by atoms with Gasteiger partial charge in [0.15, 0.2) is 0 Å². The van der Waals surface area contributed by atoms with Gasteiger partial charge in [-0.25, -0.2) is 0 Å². The first-order chi connectivity index (χ1) is 11.3. The quantitative estimate of drug-likeness (QED) is 0.691. The summed E-state index contributed by atoms with van der Waals surface area (Å²) in [6.07, 6.45) is 7.76. The van der Waals surface area contributed by atoms with Crippen molar-refractivity contribution in [1.29, 1.82) is 0 Å². The zero-order chi connectivity index (χ0) is 17.3. The van der Waals surface area contributed by atoms with Crippen LogP contribution < -0.4 is 0 Å². The Bertz CT molecular complexity index is 361. The molecule has 4 aliphatic carbocycles. The Labute approximate surface area is 149 Å². The van der Waals surface area contributed by atoms with E-state index in [-0.39, 0.29) is 11.7 Å². The molecular weight excluding hydrogens is 298 g/mol. The van der Waals surface area contributed by atoms with Gasteiger partial charge in [-0.15, -0.1) is 0 Å². The summed E-state index contributed by atoms with van der Waals surface area (Å²) in [4.78, 5) is 2.42. The summed E-state index contributed by atoms with van der Waals surface area (Å²) in [7, 11) is 0. The number of aliphatic hydroxyl groups is 1. The molecule has 1 atom stereocenters. The van der Waals surface area contributed by atoms with Crippen LogP contribution in [-0.4, -0.2) is 48.0 Å². The number of hydrogen-bond donors (Lipinski definition) is 1. The maximum Gasteiger partial charge on any atom is 0.0900 e. The van der Waals surface area contributed by atoms with Crippen LogP contribution in [0.2, 0.25) is 0 Å². The first-order valence-corrected chi connectivity index (χ1v) is 10.4. The van der Waals surface area contributed by atoms with E-state index >= 15 is 0 Å². The number of ether oxygens (including phenoxy) is 1. The molecule has 3 nitrogen and oxygen atoms in total. The van der Waals surface area contributed by atoms with E-state index in [9.17, 15) is 5.11 Å². The van der Waals surface area contributed by atoms with E-state index in [1.165, 1.54) is 38.5 Å². The fourth-order valence-electron chi connectivity index (χ4n) is 6.09. The summed E-state index contributed by atoms with van der Waals surface area (Å²) in [5.41, 5.74) is 0.122. The predicted octanol–water partition coefficient (Wildman–Crippen LogP) is 3.95. The van der Waals surface area contributed by atoms with E-state index < -0.39 is 0 Å². The molecule has 1 N–H and O–H groups in total. The van der Waals surface area contributed by atoms with Crippen molar-refractivity contribution in [1.82, 2.24) is 4.90 Å². The molecule has 0 aromatic carbocycles. The van der Waals surface area contributed by atoms with Gasteiger partial charge in [0.05, 0.1) is 18.3 Å². The van der Waals surface area contributed by atoms with Crippen molar-refractivity contribution in [3.8, 4) is 0 Å². The van der Waals surface area contributed by atoms with Crippen LogP contribution in [0.3, 0.4) is 0 Å². The smallest absolute Gasteiger partial charge is 0.0900 e. The Morgan fingerprint density at radius 2 is 1.33 bits per heavy atom.